The van der Waals surface area contributed by atoms with E-state index in [4.69, 9.17) is 23.7 Å². The Labute approximate surface area is 253 Å². The van der Waals surface area contributed by atoms with Crippen LogP contribution in [0.1, 0.15) is 64.4 Å². The first-order valence-corrected chi connectivity index (χ1v) is 15.0. The fourth-order valence-corrected chi connectivity index (χ4v) is 4.68. The van der Waals surface area contributed by atoms with Crippen molar-refractivity contribution in [3.8, 4) is 5.88 Å². The molecule has 13 nitrogen and oxygen atoms in total. The van der Waals surface area contributed by atoms with E-state index in [1.54, 1.807) is 53.9 Å². The molecule has 2 amide bonds. The average Bonchev–Trinajstić information content (AvgIpc) is 3.70. The molecule has 3 N–H and O–H groups in total. The number of amides is 2. The number of alkyl carbamates (subject to hydrolysis) is 1. The summed E-state index contributed by atoms with van der Waals surface area (Å²) >= 11 is 0. The number of anilines is 1. The topological polar surface area (TPSA) is 158 Å². The number of aliphatic hydroxyl groups is 1. The maximum atomic E-state index is 13.5. The number of carbonyl (C=O) groups excluding carboxylic acids is 3. The smallest absolute Gasteiger partial charge is 0.407 e. The highest BCUT2D eigenvalue weighted by molar-refractivity contribution is 5.97. The van der Waals surface area contributed by atoms with Crippen LogP contribution >= 0.6 is 0 Å². The van der Waals surface area contributed by atoms with Crippen molar-refractivity contribution in [2.45, 2.75) is 71.1 Å². The summed E-state index contributed by atoms with van der Waals surface area (Å²) < 4.78 is 27.7. The minimum absolute atomic E-state index is 0.0988. The molecular formula is C30H48N4O9. The Morgan fingerprint density at radius 3 is 2.47 bits per heavy atom. The van der Waals surface area contributed by atoms with Crippen molar-refractivity contribution in [1.82, 2.24) is 15.6 Å². The van der Waals surface area contributed by atoms with Gasteiger partial charge in [-0.3, -0.25) is 4.79 Å². The van der Waals surface area contributed by atoms with Crippen molar-refractivity contribution in [3.05, 3.63) is 17.8 Å². The molecule has 1 aromatic rings. The summed E-state index contributed by atoms with van der Waals surface area (Å²) in [7, 11) is 1.67. The van der Waals surface area contributed by atoms with Gasteiger partial charge in [0.25, 0.3) is 5.91 Å². The van der Waals surface area contributed by atoms with E-state index in [2.05, 4.69) is 20.5 Å². The molecule has 0 bridgehead atoms. The molecule has 43 heavy (non-hydrogen) atoms. The van der Waals surface area contributed by atoms with Crippen LogP contribution in [0, 0.1) is 11.8 Å². The first-order chi connectivity index (χ1) is 20.4. The molecule has 2 fully saturated rings. The van der Waals surface area contributed by atoms with Gasteiger partial charge in [0, 0.05) is 46.4 Å². The SMILES string of the molecule is CCOC(=O)C(CC)(CCOCCNC(=O)OC(C)(C)C)NC(=O)c1ccc(N2CC(OC)C2)c(OC[C@H]2C[C@@H]2CO)n1. The molecule has 1 aliphatic heterocycles. The Morgan fingerprint density at radius 1 is 1.12 bits per heavy atom. The van der Waals surface area contributed by atoms with Crippen molar-refractivity contribution >= 4 is 23.7 Å². The molecule has 0 aromatic carbocycles. The number of methoxy groups -OCH3 is 1. The van der Waals surface area contributed by atoms with Gasteiger partial charge in [0.15, 0.2) is 0 Å². The number of nitrogens with one attached hydrogen (secondary N) is 2. The molecule has 3 atom stereocenters. The Bertz CT molecular complexity index is 1090. The number of carbonyl (C=O) groups is 3. The quantitative estimate of drug-likeness (QED) is 0.176. The molecule has 1 saturated carbocycles. The Balaban J connectivity index is 1.66. The lowest BCUT2D eigenvalue weighted by Gasteiger charge is -2.40. The van der Waals surface area contributed by atoms with Gasteiger partial charge in [-0.25, -0.2) is 14.6 Å². The lowest BCUT2D eigenvalue weighted by molar-refractivity contribution is -0.152. The molecule has 13 heteroatoms. The van der Waals surface area contributed by atoms with Crippen LogP contribution in [0.4, 0.5) is 10.5 Å². The molecule has 242 valence electrons. The summed E-state index contributed by atoms with van der Waals surface area (Å²) in [6.45, 7) is 11.4. The number of ether oxygens (including phenoxy) is 5. The van der Waals surface area contributed by atoms with Crippen molar-refractivity contribution in [1.29, 1.82) is 0 Å². The molecule has 1 aromatic heterocycles. The maximum absolute atomic E-state index is 13.5. The van der Waals surface area contributed by atoms with Crippen LogP contribution in [0.25, 0.3) is 0 Å². The van der Waals surface area contributed by atoms with Crippen LogP contribution in [0.15, 0.2) is 12.1 Å². The summed E-state index contributed by atoms with van der Waals surface area (Å²) in [5, 5.41) is 14.9. The molecule has 0 spiro atoms. The number of nitrogens with zero attached hydrogens (tertiary/aromatic N) is 2. The molecule has 3 rings (SSSR count). The number of hydrogen-bond acceptors (Lipinski definition) is 11. The highest BCUT2D eigenvalue weighted by Gasteiger charge is 2.41. The van der Waals surface area contributed by atoms with E-state index >= 15 is 0 Å². The highest BCUT2D eigenvalue weighted by atomic mass is 16.6. The van der Waals surface area contributed by atoms with Gasteiger partial charge in [-0.2, -0.15) is 0 Å². The van der Waals surface area contributed by atoms with E-state index in [0.717, 1.165) is 12.1 Å². The fraction of sp³-hybridized carbons (Fsp3) is 0.733. The Hall–Kier alpha value is -3.16. The minimum Gasteiger partial charge on any atom is -0.476 e. The number of esters is 1. The lowest BCUT2D eigenvalue weighted by atomic mass is 9.92. The first-order valence-electron chi connectivity index (χ1n) is 15.0. The number of pyridine rings is 1. The normalized spacial score (nSPS) is 19.6. The van der Waals surface area contributed by atoms with Crippen molar-refractivity contribution in [3.63, 3.8) is 0 Å². The van der Waals surface area contributed by atoms with Gasteiger partial charge < -0.3 is 44.3 Å². The zero-order chi connectivity index (χ0) is 31.6. The molecule has 2 heterocycles. The van der Waals surface area contributed by atoms with Crippen molar-refractivity contribution < 1.29 is 43.2 Å². The van der Waals surface area contributed by atoms with Crippen LogP contribution < -0.4 is 20.3 Å². The Morgan fingerprint density at radius 2 is 1.86 bits per heavy atom. The van der Waals surface area contributed by atoms with Gasteiger partial charge in [-0.1, -0.05) is 6.92 Å². The Kier molecular flexibility index (Phi) is 12.4. The summed E-state index contributed by atoms with van der Waals surface area (Å²) in [5.74, 6) is -0.317. The number of hydrogen-bond donors (Lipinski definition) is 3. The average molecular weight is 609 g/mol. The monoisotopic (exact) mass is 608 g/mol. The summed E-state index contributed by atoms with van der Waals surface area (Å²) in [4.78, 5) is 45.1. The third-order valence-electron chi connectivity index (χ3n) is 7.54. The summed E-state index contributed by atoms with van der Waals surface area (Å²) in [5.41, 5.74) is -1.10. The van der Waals surface area contributed by atoms with Crippen LogP contribution in [-0.4, -0.2) is 105 Å². The van der Waals surface area contributed by atoms with Crippen LogP contribution in [-0.2, 0) is 23.7 Å². The van der Waals surface area contributed by atoms with E-state index in [0.29, 0.717) is 25.6 Å². The van der Waals surface area contributed by atoms with Gasteiger partial charge in [-0.05, 0) is 64.5 Å². The van der Waals surface area contributed by atoms with Crippen molar-refractivity contribution in [2.75, 3.05) is 64.7 Å². The summed E-state index contributed by atoms with van der Waals surface area (Å²) in [6.07, 6.45) is 0.868. The van der Waals surface area contributed by atoms with Gasteiger partial charge in [0.1, 0.15) is 22.5 Å². The van der Waals surface area contributed by atoms with Gasteiger partial charge >= 0.3 is 12.1 Å². The van der Waals surface area contributed by atoms with E-state index in [1.165, 1.54) is 0 Å². The molecule has 1 unspecified atom stereocenters. The molecule has 2 aliphatic rings. The maximum Gasteiger partial charge on any atom is 0.407 e. The second kappa shape index (κ2) is 15.5. The lowest BCUT2D eigenvalue weighted by Crippen LogP contribution is -2.56. The van der Waals surface area contributed by atoms with Crippen molar-refractivity contribution in [2.24, 2.45) is 11.8 Å². The van der Waals surface area contributed by atoms with Crippen LogP contribution in [0.2, 0.25) is 0 Å². The molecule has 1 saturated heterocycles. The third-order valence-corrected chi connectivity index (χ3v) is 7.54. The third kappa shape index (κ3) is 9.94. The van der Waals surface area contributed by atoms with Gasteiger partial charge in [-0.15, -0.1) is 0 Å². The van der Waals surface area contributed by atoms with Crippen LogP contribution in [0.3, 0.4) is 0 Å². The van der Waals surface area contributed by atoms with Crippen LogP contribution in [0.5, 0.6) is 5.88 Å². The zero-order valence-electron chi connectivity index (χ0n) is 26.3. The van der Waals surface area contributed by atoms with E-state index in [1.807, 2.05) is 0 Å². The molecule has 0 radical (unpaired) electrons. The van der Waals surface area contributed by atoms with Gasteiger partial charge in [0.05, 0.1) is 25.9 Å². The standard InChI is InChI=1S/C30H48N4O9/c1-7-30(27(37)41-8-2,11-13-40-14-12-31-28(38)43-29(3,4)5)33-25(36)23-9-10-24(34-16-22(17-34)39-6)26(32-23)42-19-21-15-20(21)18-35/h9-10,20-22,35H,7-8,11-19H2,1-6H3,(H,31,38)(H,33,36)/t20-,21-,30?/m1/s1. The second-order valence-electron chi connectivity index (χ2n) is 11.9. The highest BCUT2D eigenvalue weighted by Crippen LogP contribution is 2.39. The van der Waals surface area contributed by atoms with Gasteiger partial charge in [0.2, 0.25) is 5.88 Å². The molecule has 1 aliphatic carbocycles. The minimum atomic E-state index is -1.35. The van der Waals surface area contributed by atoms with E-state index < -0.39 is 29.1 Å². The second-order valence-corrected chi connectivity index (χ2v) is 11.9. The number of rotatable bonds is 17. The fourth-order valence-electron chi connectivity index (χ4n) is 4.68. The predicted octanol–water partition coefficient (Wildman–Crippen LogP) is 2.30. The number of aliphatic hydroxyl groups excluding tert-OH is 1. The first kappa shape index (κ1) is 34.3. The largest absolute Gasteiger partial charge is 0.476 e. The predicted molar refractivity (Wildman–Crippen MR) is 158 cm³/mol. The summed E-state index contributed by atoms with van der Waals surface area (Å²) in [6, 6.07) is 3.40. The van der Waals surface area contributed by atoms with E-state index in [9.17, 15) is 19.5 Å². The van der Waals surface area contributed by atoms with E-state index in [-0.39, 0.29) is 69.4 Å². The molecular weight excluding hydrogens is 560 g/mol. The number of aromatic nitrogens is 1. The zero-order valence-corrected chi connectivity index (χ0v) is 26.3.